The number of hydrogen-bond donors (Lipinski definition) is 1. The zero-order valence-electron chi connectivity index (χ0n) is 14.0. The smallest absolute Gasteiger partial charge is 0.263 e. The van der Waals surface area contributed by atoms with E-state index in [1.165, 1.54) is 9.44 Å². The van der Waals surface area contributed by atoms with E-state index in [1.54, 1.807) is 18.3 Å². The number of fused-ring (bicyclic) bond motifs is 3. The first-order valence-corrected chi connectivity index (χ1v) is 8.98. The Balaban J connectivity index is 2.34. The van der Waals surface area contributed by atoms with Crippen LogP contribution in [0.15, 0.2) is 4.79 Å². The van der Waals surface area contributed by atoms with Crippen LogP contribution in [0.4, 0.5) is 0 Å². The molecule has 2 unspecified atom stereocenters. The van der Waals surface area contributed by atoms with Crippen molar-refractivity contribution >= 4 is 27.5 Å². The predicted molar refractivity (Wildman–Crippen MR) is 93.1 cm³/mol. The van der Waals surface area contributed by atoms with Gasteiger partial charge in [-0.1, -0.05) is 20.8 Å². The van der Waals surface area contributed by atoms with E-state index in [0.29, 0.717) is 17.1 Å². The van der Waals surface area contributed by atoms with Gasteiger partial charge in [-0.15, -0.1) is 11.3 Å². The largest absolute Gasteiger partial charge is 0.368 e. The van der Waals surface area contributed by atoms with Gasteiger partial charge in [-0.25, -0.2) is 4.98 Å². The molecule has 2 aromatic heterocycles. The van der Waals surface area contributed by atoms with Crippen LogP contribution in [0.1, 0.15) is 62.3 Å². The number of aromatic nitrogens is 2. The molecule has 124 valence electrons. The van der Waals surface area contributed by atoms with Crippen molar-refractivity contribution in [3.63, 3.8) is 0 Å². The van der Waals surface area contributed by atoms with Gasteiger partial charge >= 0.3 is 0 Å². The van der Waals surface area contributed by atoms with E-state index >= 15 is 0 Å². The van der Waals surface area contributed by atoms with Gasteiger partial charge in [0.2, 0.25) is 5.91 Å². The number of rotatable bonds is 3. The second-order valence-electron chi connectivity index (χ2n) is 6.91. The Morgan fingerprint density at radius 2 is 2.09 bits per heavy atom. The predicted octanol–water partition coefficient (Wildman–Crippen LogP) is 2.75. The number of nitrogens with zero attached hydrogens (tertiary/aromatic N) is 2. The minimum atomic E-state index is -0.685. The van der Waals surface area contributed by atoms with Gasteiger partial charge in [-0.05, 0) is 37.7 Å². The molecule has 1 amide bonds. The van der Waals surface area contributed by atoms with Crippen LogP contribution in [-0.4, -0.2) is 15.5 Å². The maximum absolute atomic E-state index is 13.1. The summed E-state index contributed by atoms with van der Waals surface area (Å²) in [7, 11) is 0. The second-order valence-corrected chi connectivity index (χ2v) is 7.99. The molecule has 0 saturated heterocycles. The molecule has 0 fully saturated rings. The molecular weight excluding hydrogens is 310 g/mol. The van der Waals surface area contributed by atoms with Crippen LogP contribution < -0.4 is 11.3 Å². The molecule has 6 heteroatoms. The SMILES string of the molecule is CC1CCc2c(sc3nc(C(C)C)n(C(C)C(N)=O)c(=O)c23)C1. The fourth-order valence-electron chi connectivity index (χ4n) is 3.33. The van der Waals surface area contributed by atoms with Crippen molar-refractivity contribution < 1.29 is 4.79 Å². The lowest BCUT2D eigenvalue weighted by Crippen LogP contribution is -2.35. The van der Waals surface area contributed by atoms with Crippen LogP contribution in [0.25, 0.3) is 10.2 Å². The number of hydrogen-bond acceptors (Lipinski definition) is 4. The Morgan fingerprint density at radius 1 is 1.39 bits per heavy atom. The lowest BCUT2D eigenvalue weighted by Gasteiger charge is -2.20. The third kappa shape index (κ3) is 2.59. The third-order valence-corrected chi connectivity index (χ3v) is 5.85. The number of primary amides is 1. The van der Waals surface area contributed by atoms with Crippen LogP contribution in [-0.2, 0) is 17.6 Å². The number of thiophene rings is 1. The average molecular weight is 333 g/mol. The van der Waals surface area contributed by atoms with E-state index in [9.17, 15) is 9.59 Å². The summed E-state index contributed by atoms with van der Waals surface area (Å²) in [6.07, 6.45) is 3.02. The van der Waals surface area contributed by atoms with Gasteiger partial charge in [0.05, 0.1) is 5.39 Å². The maximum atomic E-state index is 13.1. The number of amides is 1. The van der Waals surface area contributed by atoms with Crippen molar-refractivity contribution in [2.75, 3.05) is 0 Å². The molecule has 2 heterocycles. The van der Waals surface area contributed by atoms with Gasteiger partial charge in [0, 0.05) is 10.8 Å². The fourth-order valence-corrected chi connectivity index (χ4v) is 4.71. The first-order valence-electron chi connectivity index (χ1n) is 8.17. The molecule has 0 saturated carbocycles. The first kappa shape index (κ1) is 16.2. The topological polar surface area (TPSA) is 78.0 Å². The lowest BCUT2D eigenvalue weighted by molar-refractivity contribution is -0.120. The summed E-state index contributed by atoms with van der Waals surface area (Å²) in [6, 6.07) is -0.685. The second kappa shape index (κ2) is 5.74. The fraction of sp³-hybridized carbons (Fsp3) is 0.588. The number of carbonyl (C=O) groups excluding carboxylic acids is 1. The Morgan fingerprint density at radius 3 is 2.70 bits per heavy atom. The Hall–Kier alpha value is -1.69. The van der Waals surface area contributed by atoms with Crippen LogP contribution >= 0.6 is 11.3 Å². The molecule has 0 bridgehead atoms. The minimum Gasteiger partial charge on any atom is -0.368 e. The van der Waals surface area contributed by atoms with Gasteiger partial charge < -0.3 is 5.73 Å². The monoisotopic (exact) mass is 333 g/mol. The summed E-state index contributed by atoms with van der Waals surface area (Å²) < 4.78 is 1.50. The normalized spacial score (nSPS) is 19.1. The summed E-state index contributed by atoms with van der Waals surface area (Å²) in [5, 5.41) is 0.703. The van der Waals surface area contributed by atoms with Crippen molar-refractivity contribution in [3.05, 3.63) is 26.6 Å². The van der Waals surface area contributed by atoms with Crippen LogP contribution in [0.3, 0.4) is 0 Å². The summed E-state index contributed by atoms with van der Waals surface area (Å²) >= 11 is 1.64. The van der Waals surface area contributed by atoms with Crippen molar-refractivity contribution in [3.8, 4) is 0 Å². The molecule has 5 nitrogen and oxygen atoms in total. The number of aryl methyl sites for hydroxylation is 1. The number of nitrogens with two attached hydrogens (primary N) is 1. The van der Waals surface area contributed by atoms with Gasteiger partial charge in [-0.2, -0.15) is 0 Å². The Bertz CT molecular complexity index is 834. The maximum Gasteiger partial charge on any atom is 0.263 e. The van der Waals surface area contributed by atoms with Gasteiger partial charge in [0.1, 0.15) is 16.7 Å². The highest BCUT2D eigenvalue weighted by Crippen LogP contribution is 2.36. The van der Waals surface area contributed by atoms with E-state index in [-0.39, 0.29) is 11.5 Å². The standard InChI is InChI=1S/C17H23N3O2S/c1-8(2)15-19-16-13(17(22)20(15)10(4)14(18)21)11-6-5-9(3)7-12(11)23-16/h8-10H,5-7H2,1-4H3,(H2,18,21). The molecule has 0 radical (unpaired) electrons. The molecule has 2 N–H and O–H groups in total. The van der Waals surface area contributed by atoms with Crippen LogP contribution in [0.2, 0.25) is 0 Å². The highest BCUT2D eigenvalue weighted by Gasteiger charge is 2.27. The molecule has 3 rings (SSSR count). The van der Waals surface area contributed by atoms with Gasteiger partial charge in [0.25, 0.3) is 5.56 Å². The van der Waals surface area contributed by atoms with E-state index in [4.69, 9.17) is 10.7 Å². The molecule has 2 atom stereocenters. The van der Waals surface area contributed by atoms with E-state index in [2.05, 4.69) is 6.92 Å². The molecule has 0 aliphatic heterocycles. The van der Waals surface area contributed by atoms with E-state index in [0.717, 1.165) is 29.7 Å². The minimum absolute atomic E-state index is 0.0481. The van der Waals surface area contributed by atoms with Gasteiger partial charge in [-0.3, -0.25) is 14.2 Å². The molecule has 23 heavy (non-hydrogen) atoms. The third-order valence-electron chi connectivity index (χ3n) is 4.70. The molecule has 0 aromatic carbocycles. The summed E-state index contributed by atoms with van der Waals surface area (Å²) in [5.74, 6) is 0.826. The van der Waals surface area contributed by atoms with Crippen molar-refractivity contribution in [1.29, 1.82) is 0 Å². The molecule has 0 spiro atoms. The van der Waals surface area contributed by atoms with Crippen molar-refractivity contribution in [2.24, 2.45) is 11.7 Å². The van der Waals surface area contributed by atoms with Crippen LogP contribution in [0.5, 0.6) is 0 Å². The number of carbonyl (C=O) groups is 1. The van der Waals surface area contributed by atoms with Crippen molar-refractivity contribution in [1.82, 2.24) is 9.55 Å². The van der Waals surface area contributed by atoms with Gasteiger partial charge in [0.15, 0.2) is 0 Å². The highest BCUT2D eigenvalue weighted by molar-refractivity contribution is 7.18. The average Bonchev–Trinajstić information content (AvgIpc) is 2.83. The zero-order valence-corrected chi connectivity index (χ0v) is 14.9. The van der Waals surface area contributed by atoms with Crippen LogP contribution in [0, 0.1) is 5.92 Å². The lowest BCUT2D eigenvalue weighted by atomic mass is 9.89. The quantitative estimate of drug-likeness (QED) is 0.938. The van der Waals surface area contributed by atoms with E-state index < -0.39 is 11.9 Å². The molecule has 1 aliphatic carbocycles. The molecule has 2 aromatic rings. The first-order chi connectivity index (χ1) is 10.8. The molecule has 1 aliphatic rings. The molecular formula is C17H23N3O2S. The summed E-state index contributed by atoms with van der Waals surface area (Å²) in [6.45, 7) is 7.87. The summed E-state index contributed by atoms with van der Waals surface area (Å²) in [4.78, 5) is 31.6. The zero-order chi connectivity index (χ0) is 16.9. The Kier molecular flexibility index (Phi) is 4.04. The van der Waals surface area contributed by atoms with Crippen molar-refractivity contribution in [2.45, 2.75) is 58.9 Å². The van der Waals surface area contributed by atoms with E-state index in [1.807, 2.05) is 13.8 Å². The Labute approximate surface area is 139 Å². The summed E-state index contributed by atoms with van der Waals surface area (Å²) in [5.41, 5.74) is 6.48. The highest BCUT2D eigenvalue weighted by atomic mass is 32.1.